The quantitative estimate of drug-likeness (QED) is 0.344. The third kappa shape index (κ3) is 4.34. The zero-order chi connectivity index (χ0) is 13.2. The summed E-state index contributed by atoms with van der Waals surface area (Å²) in [5.74, 6) is 6.92. The summed E-state index contributed by atoms with van der Waals surface area (Å²) in [5.41, 5.74) is 2.46. The summed E-state index contributed by atoms with van der Waals surface area (Å²) in [6, 6.07) is 0. The van der Waals surface area contributed by atoms with E-state index in [1.54, 1.807) is 7.11 Å². The molecule has 4 N–H and O–H groups in total. The van der Waals surface area contributed by atoms with Crippen LogP contribution in [0.3, 0.4) is 0 Å². The van der Waals surface area contributed by atoms with Crippen molar-refractivity contribution in [1.29, 1.82) is 0 Å². The molecule has 7 heteroatoms. The van der Waals surface area contributed by atoms with Gasteiger partial charge in [-0.1, -0.05) is 6.92 Å². The van der Waals surface area contributed by atoms with Crippen LogP contribution in [-0.2, 0) is 4.74 Å². The highest BCUT2D eigenvalue weighted by molar-refractivity contribution is 5.62. The third-order valence-electron chi connectivity index (χ3n) is 2.25. The molecule has 0 fully saturated rings. The Labute approximate surface area is 107 Å². The van der Waals surface area contributed by atoms with Gasteiger partial charge in [0.05, 0.1) is 7.11 Å². The molecule has 1 rings (SSSR count). The molecule has 0 radical (unpaired) electrons. The van der Waals surface area contributed by atoms with Gasteiger partial charge in [-0.2, -0.15) is 0 Å². The van der Waals surface area contributed by atoms with Crippen molar-refractivity contribution in [2.75, 3.05) is 37.6 Å². The van der Waals surface area contributed by atoms with E-state index in [1.807, 2.05) is 0 Å². The minimum Gasteiger partial charge on any atom is -0.490 e. The van der Waals surface area contributed by atoms with Crippen molar-refractivity contribution in [1.82, 2.24) is 9.97 Å². The lowest BCUT2D eigenvalue weighted by atomic mass is 10.4. The van der Waals surface area contributed by atoms with Crippen LogP contribution >= 0.6 is 0 Å². The van der Waals surface area contributed by atoms with Crippen LogP contribution in [0.5, 0.6) is 5.75 Å². The van der Waals surface area contributed by atoms with Crippen LogP contribution in [0.2, 0.25) is 0 Å². The first kappa shape index (κ1) is 14.5. The first-order chi connectivity index (χ1) is 8.83. The predicted octanol–water partition coefficient (Wildman–Crippen LogP) is 0.999. The Morgan fingerprint density at radius 2 is 2.06 bits per heavy atom. The first-order valence-corrected chi connectivity index (χ1v) is 6.00. The lowest BCUT2D eigenvalue weighted by Gasteiger charge is -2.12. The van der Waals surface area contributed by atoms with Gasteiger partial charge < -0.3 is 20.2 Å². The standard InChI is InChI=1S/C11H21N5O2/c1-3-6-18-7-4-5-13-10-9(17-2)11(16-12)15-8-14-10/h8H,3-7,12H2,1-2H3,(H2,13,14,15,16). The summed E-state index contributed by atoms with van der Waals surface area (Å²) in [7, 11) is 1.55. The summed E-state index contributed by atoms with van der Waals surface area (Å²) < 4.78 is 10.6. The van der Waals surface area contributed by atoms with Gasteiger partial charge in [0.1, 0.15) is 6.33 Å². The Hall–Kier alpha value is -1.60. The average Bonchev–Trinajstić information content (AvgIpc) is 2.42. The van der Waals surface area contributed by atoms with E-state index in [4.69, 9.17) is 15.3 Å². The first-order valence-electron chi connectivity index (χ1n) is 6.00. The molecule has 7 nitrogen and oxygen atoms in total. The second-order valence-corrected chi connectivity index (χ2v) is 3.64. The van der Waals surface area contributed by atoms with Crippen LogP contribution < -0.4 is 21.3 Å². The molecule has 0 unspecified atom stereocenters. The number of hydrazine groups is 1. The van der Waals surface area contributed by atoms with Crippen molar-refractivity contribution < 1.29 is 9.47 Å². The molecule has 1 aromatic rings. The van der Waals surface area contributed by atoms with Crippen LogP contribution in [0.15, 0.2) is 6.33 Å². The molecule has 0 aliphatic rings. The maximum Gasteiger partial charge on any atom is 0.205 e. The molecule has 0 aliphatic heterocycles. The maximum absolute atomic E-state index is 5.39. The number of ether oxygens (including phenoxy) is 2. The monoisotopic (exact) mass is 255 g/mol. The maximum atomic E-state index is 5.39. The van der Waals surface area contributed by atoms with Gasteiger partial charge in [-0.05, 0) is 12.8 Å². The zero-order valence-corrected chi connectivity index (χ0v) is 10.9. The minimum atomic E-state index is 0.456. The minimum absolute atomic E-state index is 0.456. The van der Waals surface area contributed by atoms with E-state index in [9.17, 15) is 0 Å². The fourth-order valence-corrected chi connectivity index (χ4v) is 1.42. The van der Waals surface area contributed by atoms with E-state index in [1.165, 1.54) is 6.33 Å². The number of nitrogen functional groups attached to an aromatic ring is 1. The van der Waals surface area contributed by atoms with E-state index in [2.05, 4.69) is 27.6 Å². The van der Waals surface area contributed by atoms with Crippen molar-refractivity contribution in [2.24, 2.45) is 5.84 Å². The lowest BCUT2D eigenvalue weighted by molar-refractivity contribution is 0.134. The Morgan fingerprint density at radius 3 is 2.72 bits per heavy atom. The molecule has 0 aliphatic carbocycles. The SMILES string of the molecule is CCCOCCCNc1ncnc(NN)c1OC. The number of rotatable bonds is 9. The molecule has 0 aromatic carbocycles. The van der Waals surface area contributed by atoms with Crippen molar-refractivity contribution in [3.63, 3.8) is 0 Å². The highest BCUT2D eigenvalue weighted by Crippen LogP contribution is 2.27. The van der Waals surface area contributed by atoms with E-state index in [-0.39, 0.29) is 0 Å². The molecule has 1 heterocycles. The predicted molar refractivity (Wildman–Crippen MR) is 70.6 cm³/mol. The van der Waals surface area contributed by atoms with E-state index < -0.39 is 0 Å². The number of anilines is 2. The van der Waals surface area contributed by atoms with Gasteiger partial charge in [0.15, 0.2) is 11.6 Å². The smallest absolute Gasteiger partial charge is 0.205 e. The van der Waals surface area contributed by atoms with Gasteiger partial charge in [-0.3, -0.25) is 0 Å². The Bertz CT molecular complexity index is 348. The van der Waals surface area contributed by atoms with Crippen molar-refractivity contribution in [3.8, 4) is 5.75 Å². The molecule has 0 saturated carbocycles. The van der Waals surface area contributed by atoms with Gasteiger partial charge in [-0.15, -0.1) is 0 Å². The van der Waals surface area contributed by atoms with E-state index in [0.717, 1.165) is 32.6 Å². The van der Waals surface area contributed by atoms with E-state index in [0.29, 0.717) is 17.4 Å². The van der Waals surface area contributed by atoms with E-state index >= 15 is 0 Å². The van der Waals surface area contributed by atoms with Gasteiger partial charge in [0.2, 0.25) is 5.75 Å². The second kappa shape index (κ2) is 8.48. The van der Waals surface area contributed by atoms with Crippen molar-refractivity contribution in [3.05, 3.63) is 6.33 Å². The molecule has 0 saturated heterocycles. The average molecular weight is 255 g/mol. The summed E-state index contributed by atoms with van der Waals surface area (Å²) in [6.45, 7) is 4.38. The van der Waals surface area contributed by atoms with Crippen LogP contribution in [-0.4, -0.2) is 36.8 Å². The molecular weight excluding hydrogens is 234 g/mol. The van der Waals surface area contributed by atoms with Crippen LogP contribution in [0, 0.1) is 0 Å². The molecule has 0 amide bonds. The molecule has 0 spiro atoms. The molecule has 1 aromatic heterocycles. The number of nitrogens with one attached hydrogen (secondary N) is 2. The number of hydrogen-bond acceptors (Lipinski definition) is 7. The summed E-state index contributed by atoms with van der Waals surface area (Å²) in [4.78, 5) is 8.07. The molecule has 102 valence electrons. The number of hydrogen-bond donors (Lipinski definition) is 3. The summed E-state index contributed by atoms with van der Waals surface area (Å²) in [6.07, 6.45) is 3.37. The summed E-state index contributed by atoms with van der Waals surface area (Å²) in [5, 5.41) is 3.16. The zero-order valence-electron chi connectivity index (χ0n) is 10.9. The van der Waals surface area contributed by atoms with Gasteiger partial charge in [-0.25, -0.2) is 15.8 Å². The van der Waals surface area contributed by atoms with Crippen LogP contribution in [0.1, 0.15) is 19.8 Å². The molecule has 0 atom stereocenters. The fraction of sp³-hybridized carbons (Fsp3) is 0.636. The van der Waals surface area contributed by atoms with Crippen LogP contribution in [0.4, 0.5) is 11.6 Å². The second-order valence-electron chi connectivity index (χ2n) is 3.64. The lowest BCUT2D eigenvalue weighted by Crippen LogP contribution is -2.13. The summed E-state index contributed by atoms with van der Waals surface area (Å²) >= 11 is 0. The molecular formula is C11H21N5O2. The number of nitrogens with zero attached hydrogens (tertiary/aromatic N) is 2. The number of methoxy groups -OCH3 is 1. The fourth-order valence-electron chi connectivity index (χ4n) is 1.42. The van der Waals surface area contributed by atoms with Crippen molar-refractivity contribution >= 4 is 11.6 Å². The highest BCUT2D eigenvalue weighted by Gasteiger charge is 2.10. The normalized spacial score (nSPS) is 10.2. The van der Waals surface area contributed by atoms with Crippen LogP contribution in [0.25, 0.3) is 0 Å². The largest absolute Gasteiger partial charge is 0.490 e. The number of nitrogens with two attached hydrogens (primary N) is 1. The van der Waals surface area contributed by atoms with Gasteiger partial charge in [0, 0.05) is 19.8 Å². The Kier molecular flexibility index (Phi) is 6.82. The Balaban J connectivity index is 2.41. The number of aromatic nitrogens is 2. The third-order valence-corrected chi connectivity index (χ3v) is 2.25. The van der Waals surface area contributed by atoms with Crippen molar-refractivity contribution in [2.45, 2.75) is 19.8 Å². The molecule has 0 bridgehead atoms. The highest BCUT2D eigenvalue weighted by atomic mass is 16.5. The topological polar surface area (TPSA) is 94.3 Å². The van der Waals surface area contributed by atoms with Gasteiger partial charge in [0.25, 0.3) is 0 Å². The molecule has 18 heavy (non-hydrogen) atoms. The Morgan fingerprint density at radius 1 is 1.28 bits per heavy atom. The van der Waals surface area contributed by atoms with Gasteiger partial charge >= 0.3 is 0 Å².